The van der Waals surface area contributed by atoms with Crippen LogP contribution in [0.4, 0.5) is 22.0 Å². The SMILES string of the molecule is CS(=O)(=O)N1NCC2=C1CN([C@@H]1C[C@H](N)[C@@H](c3cc(F)ccc3F)O[C@H]1C(F)(F)F)C2. The Balaban J connectivity index is 1.59. The monoisotopic (exact) mass is 468 g/mol. The summed E-state index contributed by atoms with van der Waals surface area (Å²) in [5.74, 6) is -1.72. The largest absolute Gasteiger partial charge is 0.416 e. The van der Waals surface area contributed by atoms with Gasteiger partial charge >= 0.3 is 6.18 Å². The van der Waals surface area contributed by atoms with E-state index in [0.29, 0.717) is 11.3 Å². The first-order chi connectivity index (χ1) is 14.4. The number of sulfonamides is 1. The summed E-state index contributed by atoms with van der Waals surface area (Å²) in [4.78, 5) is 1.47. The van der Waals surface area contributed by atoms with Gasteiger partial charge in [0.25, 0.3) is 0 Å². The summed E-state index contributed by atoms with van der Waals surface area (Å²) in [5, 5.41) is 0. The Hall–Kier alpha value is -1.80. The molecule has 1 aromatic carbocycles. The molecule has 13 heteroatoms. The zero-order valence-electron chi connectivity index (χ0n) is 16.4. The summed E-state index contributed by atoms with van der Waals surface area (Å²) >= 11 is 0. The third-order valence-corrected chi connectivity index (χ3v) is 6.78. The molecule has 3 N–H and O–H groups in total. The van der Waals surface area contributed by atoms with Crippen LogP contribution in [0.5, 0.6) is 0 Å². The molecule has 31 heavy (non-hydrogen) atoms. The molecule has 3 heterocycles. The maximum Gasteiger partial charge on any atom is 0.416 e. The van der Waals surface area contributed by atoms with E-state index in [2.05, 4.69) is 5.43 Å². The van der Waals surface area contributed by atoms with Gasteiger partial charge in [0, 0.05) is 37.3 Å². The first-order valence-electron chi connectivity index (χ1n) is 9.47. The quantitative estimate of drug-likeness (QED) is 0.653. The molecule has 0 spiro atoms. The van der Waals surface area contributed by atoms with Crippen LogP contribution in [-0.2, 0) is 14.8 Å². The number of ether oxygens (including phenoxy) is 1. The predicted octanol–water partition coefficient (Wildman–Crippen LogP) is 1.40. The molecular formula is C18H21F5N4O3S. The molecule has 4 atom stereocenters. The molecule has 1 aromatic rings. The second-order valence-electron chi connectivity index (χ2n) is 7.97. The van der Waals surface area contributed by atoms with Gasteiger partial charge in [0.1, 0.15) is 17.7 Å². The number of halogens is 5. The summed E-state index contributed by atoms with van der Waals surface area (Å²) < 4.78 is 99.6. The number of rotatable bonds is 3. The molecule has 0 aromatic heterocycles. The number of nitrogens with two attached hydrogens (primary N) is 1. The Kier molecular flexibility index (Phi) is 5.53. The molecule has 1 fully saturated rings. The summed E-state index contributed by atoms with van der Waals surface area (Å²) in [5.41, 5.74) is 9.45. The van der Waals surface area contributed by atoms with Gasteiger partial charge in [-0.2, -0.15) is 13.2 Å². The molecule has 1 saturated heterocycles. The highest BCUT2D eigenvalue weighted by Gasteiger charge is 2.54. The molecular weight excluding hydrogens is 447 g/mol. The zero-order chi connectivity index (χ0) is 22.7. The Bertz CT molecular complexity index is 1020. The number of hydrazine groups is 1. The van der Waals surface area contributed by atoms with Gasteiger partial charge in [-0.1, -0.05) is 0 Å². The van der Waals surface area contributed by atoms with Crippen LogP contribution in [0.3, 0.4) is 0 Å². The predicted molar refractivity (Wildman–Crippen MR) is 99.7 cm³/mol. The van der Waals surface area contributed by atoms with E-state index >= 15 is 0 Å². The lowest BCUT2D eigenvalue weighted by molar-refractivity contribution is -0.267. The number of benzene rings is 1. The summed E-state index contributed by atoms with van der Waals surface area (Å²) in [7, 11) is -3.63. The Morgan fingerprint density at radius 2 is 1.94 bits per heavy atom. The van der Waals surface area contributed by atoms with E-state index in [9.17, 15) is 30.4 Å². The van der Waals surface area contributed by atoms with Crippen molar-refractivity contribution < 1.29 is 35.1 Å². The van der Waals surface area contributed by atoms with E-state index in [1.165, 1.54) is 4.90 Å². The van der Waals surface area contributed by atoms with Gasteiger partial charge in [-0.3, -0.25) is 4.90 Å². The van der Waals surface area contributed by atoms with Gasteiger partial charge < -0.3 is 10.5 Å². The van der Waals surface area contributed by atoms with E-state index in [0.717, 1.165) is 28.9 Å². The molecule has 0 unspecified atom stereocenters. The average molecular weight is 468 g/mol. The van der Waals surface area contributed by atoms with Crippen LogP contribution >= 0.6 is 0 Å². The summed E-state index contributed by atoms with van der Waals surface area (Å²) in [6.45, 7) is 0.273. The van der Waals surface area contributed by atoms with Gasteiger partial charge in [0.2, 0.25) is 10.0 Å². The van der Waals surface area contributed by atoms with Gasteiger partial charge in [-0.25, -0.2) is 27.0 Å². The highest BCUT2D eigenvalue weighted by atomic mass is 32.2. The van der Waals surface area contributed by atoms with Gasteiger partial charge in [-0.05, 0) is 30.2 Å². The minimum Gasteiger partial charge on any atom is -0.357 e. The average Bonchev–Trinajstić information content (AvgIpc) is 3.22. The normalized spacial score (nSPS) is 30.2. The maximum atomic E-state index is 14.2. The van der Waals surface area contributed by atoms with Crippen molar-refractivity contribution in [2.45, 2.75) is 36.9 Å². The molecule has 0 saturated carbocycles. The van der Waals surface area contributed by atoms with Crippen LogP contribution in [0, 0.1) is 11.6 Å². The minimum absolute atomic E-state index is 0.0400. The summed E-state index contributed by atoms with van der Waals surface area (Å²) in [6.07, 6.45) is -7.78. The van der Waals surface area contributed by atoms with Crippen LogP contribution in [0.15, 0.2) is 29.5 Å². The van der Waals surface area contributed by atoms with E-state index < -0.39 is 52.1 Å². The molecule has 3 aliphatic heterocycles. The highest BCUT2D eigenvalue weighted by Crippen LogP contribution is 2.42. The fraction of sp³-hybridized carbons (Fsp3) is 0.556. The molecule has 4 rings (SSSR count). The Morgan fingerprint density at radius 1 is 1.23 bits per heavy atom. The van der Waals surface area contributed by atoms with Gasteiger partial charge in [0.05, 0.1) is 12.0 Å². The van der Waals surface area contributed by atoms with Crippen molar-refractivity contribution in [1.82, 2.24) is 14.7 Å². The number of hydrogen-bond acceptors (Lipinski definition) is 6. The molecule has 172 valence electrons. The summed E-state index contributed by atoms with van der Waals surface area (Å²) in [6, 6.07) is 0.220. The lowest BCUT2D eigenvalue weighted by Gasteiger charge is -2.45. The van der Waals surface area contributed by atoms with Gasteiger partial charge in [0.15, 0.2) is 6.10 Å². The Morgan fingerprint density at radius 3 is 2.58 bits per heavy atom. The fourth-order valence-corrected chi connectivity index (χ4v) is 5.31. The second-order valence-corrected chi connectivity index (χ2v) is 9.80. The second kappa shape index (κ2) is 7.66. The smallest absolute Gasteiger partial charge is 0.357 e. The van der Waals surface area contributed by atoms with Crippen LogP contribution < -0.4 is 11.2 Å². The Labute approximate surface area is 175 Å². The topological polar surface area (TPSA) is 87.9 Å². The first kappa shape index (κ1) is 22.4. The first-order valence-corrected chi connectivity index (χ1v) is 11.3. The number of hydrogen-bond donors (Lipinski definition) is 2. The van der Waals surface area contributed by atoms with Crippen LogP contribution in [0.2, 0.25) is 0 Å². The lowest BCUT2D eigenvalue weighted by atomic mass is 9.89. The third-order valence-electron chi connectivity index (χ3n) is 5.77. The van der Waals surface area contributed by atoms with Crippen molar-refractivity contribution in [2.75, 3.05) is 25.9 Å². The van der Waals surface area contributed by atoms with E-state index in [1.54, 1.807) is 0 Å². The van der Waals surface area contributed by atoms with E-state index in [-0.39, 0.29) is 31.6 Å². The molecule has 3 aliphatic rings. The third kappa shape index (κ3) is 4.16. The van der Waals surface area contributed by atoms with E-state index in [4.69, 9.17) is 10.5 Å². The molecule has 0 bridgehead atoms. The molecule has 0 radical (unpaired) electrons. The van der Waals surface area contributed by atoms with E-state index in [1.807, 2.05) is 0 Å². The van der Waals surface area contributed by atoms with Crippen molar-refractivity contribution in [3.8, 4) is 0 Å². The lowest BCUT2D eigenvalue weighted by Crippen LogP contribution is -2.59. The van der Waals surface area contributed by atoms with Crippen molar-refractivity contribution in [3.05, 3.63) is 46.7 Å². The van der Waals surface area contributed by atoms with Crippen molar-refractivity contribution in [3.63, 3.8) is 0 Å². The number of nitrogens with zero attached hydrogens (tertiary/aromatic N) is 2. The molecule has 0 amide bonds. The maximum absolute atomic E-state index is 14.2. The van der Waals surface area contributed by atoms with Crippen LogP contribution in [-0.4, -0.2) is 68.0 Å². The number of nitrogens with one attached hydrogen (secondary N) is 1. The van der Waals surface area contributed by atoms with Gasteiger partial charge in [-0.15, -0.1) is 0 Å². The minimum atomic E-state index is -4.80. The molecule has 7 nitrogen and oxygen atoms in total. The fourth-order valence-electron chi connectivity index (χ4n) is 4.42. The van der Waals surface area contributed by atoms with Crippen LogP contribution in [0.1, 0.15) is 18.1 Å². The highest BCUT2D eigenvalue weighted by molar-refractivity contribution is 7.88. The number of alkyl halides is 3. The van der Waals surface area contributed by atoms with Crippen molar-refractivity contribution in [2.24, 2.45) is 5.73 Å². The zero-order valence-corrected chi connectivity index (χ0v) is 17.2. The van der Waals surface area contributed by atoms with Crippen LogP contribution in [0.25, 0.3) is 0 Å². The van der Waals surface area contributed by atoms with Crippen molar-refractivity contribution in [1.29, 1.82) is 0 Å². The standard InChI is InChI=1S/C18H21F5N4O3S/c1-31(28,29)27-15-8-26(7-9(15)6-25-27)14-5-13(24)16(30-17(14)18(21,22)23)11-4-10(19)2-3-12(11)20/h2-4,13-14,16-17,25H,5-8,24H2,1H3/t13-,14+,16+,17+/m0/s1. The molecule has 0 aliphatic carbocycles. The van der Waals surface area contributed by atoms with Crippen molar-refractivity contribution >= 4 is 10.0 Å².